The van der Waals surface area contributed by atoms with Crippen LogP contribution >= 0.6 is 15.9 Å². The molecule has 0 unspecified atom stereocenters. The zero-order valence-corrected chi connectivity index (χ0v) is 12.8. The van der Waals surface area contributed by atoms with E-state index in [0.29, 0.717) is 6.54 Å². The SMILES string of the molecule is Cc1cc(Br)cc(C)c1CNS(=O)(=O)N(C)C. The van der Waals surface area contributed by atoms with Gasteiger partial charge in [-0.2, -0.15) is 17.4 Å². The van der Waals surface area contributed by atoms with Crippen LogP contribution in [0.25, 0.3) is 0 Å². The van der Waals surface area contributed by atoms with E-state index < -0.39 is 10.2 Å². The van der Waals surface area contributed by atoms with Gasteiger partial charge in [-0.05, 0) is 42.7 Å². The molecule has 6 heteroatoms. The molecule has 0 bridgehead atoms. The van der Waals surface area contributed by atoms with Crippen LogP contribution in [0.15, 0.2) is 16.6 Å². The second-order valence-corrected chi connectivity index (χ2v) is 7.01. The molecule has 96 valence electrons. The van der Waals surface area contributed by atoms with Gasteiger partial charge >= 0.3 is 0 Å². The van der Waals surface area contributed by atoms with Gasteiger partial charge in [0.05, 0.1) is 0 Å². The minimum Gasteiger partial charge on any atom is -0.198 e. The minimum absolute atomic E-state index is 0.311. The molecule has 0 saturated carbocycles. The maximum atomic E-state index is 11.6. The highest BCUT2D eigenvalue weighted by atomic mass is 79.9. The van der Waals surface area contributed by atoms with Crippen molar-refractivity contribution in [2.45, 2.75) is 20.4 Å². The Morgan fingerprint density at radius 2 is 1.71 bits per heavy atom. The third-order valence-corrected chi connectivity index (χ3v) is 4.50. The summed E-state index contributed by atoms with van der Waals surface area (Å²) in [4.78, 5) is 0. The van der Waals surface area contributed by atoms with Crippen molar-refractivity contribution in [1.29, 1.82) is 0 Å². The zero-order valence-electron chi connectivity index (χ0n) is 10.4. The number of nitrogens with one attached hydrogen (secondary N) is 1. The van der Waals surface area contributed by atoms with Crippen LogP contribution in [0.3, 0.4) is 0 Å². The van der Waals surface area contributed by atoms with Crippen molar-refractivity contribution in [3.05, 3.63) is 33.3 Å². The average Bonchev–Trinajstić information content (AvgIpc) is 2.15. The van der Waals surface area contributed by atoms with Crippen molar-refractivity contribution < 1.29 is 8.42 Å². The van der Waals surface area contributed by atoms with E-state index in [1.165, 1.54) is 14.1 Å². The molecule has 0 fully saturated rings. The van der Waals surface area contributed by atoms with Gasteiger partial charge in [-0.25, -0.2) is 0 Å². The standard InChI is InChI=1S/C11H17BrN2O2S/c1-8-5-10(12)6-9(2)11(8)7-13-17(15,16)14(3)4/h5-6,13H,7H2,1-4H3. The summed E-state index contributed by atoms with van der Waals surface area (Å²) in [5.41, 5.74) is 3.15. The third-order valence-electron chi connectivity index (χ3n) is 2.57. The van der Waals surface area contributed by atoms with Gasteiger partial charge in [0.15, 0.2) is 0 Å². The second-order valence-electron chi connectivity index (χ2n) is 4.13. The molecule has 1 aromatic carbocycles. The maximum absolute atomic E-state index is 11.6. The monoisotopic (exact) mass is 320 g/mol. The Balaban J connectivity index is 2.91. The van der Waals surface area contributed by atoms with Gasteiger partial charge in [-0.1, -0.05) is 15.9 Å². The van der Waals surface area contributed by atoms with E-state index in [1.807, 2.05) is 26.0 Å². The summed E-state index contributed by atoms with van der Waals surface area (Å²) >= 11 is 3.41. The number of aryl methyl sites for hydroxylation is 2. The minimum atomic E-state index is -3.37. The van der Waals surface area contributed by atoms with Crippen LogP contribution in [0.4, 0.5) is 0 Å². The first-order valence-corrected chi connectivity index (χ1v) is 7.40. The highest BCUT2D eigenvalue weighted by Crippen LogP contribution is 2.20. The van der Waals surface area contributed by atoms with Crippen LogP contribution in [-0.2, 0) is 16.8 Å². The fourth-order valence-electron chi connectivity index (χ4n) is 1.51. The summed E-state index contributed by atoms with van der Waals surface area (Å²) in [6, 6.07) is 3.96. The van der Waals surface area contributed by atoms with Gasteiger partial charge in [0.2, 0.25) is 0 Å². The lowest BCUT2D eigenvalue weighted by atomic mass is 10.0. The van der Waals surface area contributed by atoms with Crippen LogP contribution < -0.4 is 4.72 Å². The number of rotatable bonds is 4. The van der Waals surface area contributed by atoms with E-state index in [0.717, 1.165) is 25.5 Å². The molecular weight excluding hydrogens is 304 g/mol. The summed E-state index contributed by atoms with van der Waals surface area (Å²) in [5, 5.41) is 0. The highest BCUT2D eigenvalue weighted by Gasteiger charge is 2.13. The normalized spacial score (nSPS) is 12.1. The summed E-state index contributed by atoms with van der Waals surface area (Å²) in [5.74, 6) is 0. The molecule has 1 aromatic rings. The van der Waals surface area contributed by atoms with Crippen molar-refractivity contribution in [1.82, 2.24) is 9.03 Å². The lowest BCUT2D eigenvalue weighted by molar-refractivity contribution is 0.505. The van der Waals surface area contributed by atoms with Crippen molar-refractivity contribution in [2.75, 3.05) is 14.1 Å². The molecule has 1 rings (SSSR count). The Morgan fingerprint density at radius 1 is 1.24 bits per heavy atom. The molecule has 0 saturated heterocycles. The Kier molecular flexibility index (Phi) is 4.71. The van der Waals surface area contributed by atoms with Crippen LogP contribution in [0.5, 0.6) is 0 Å². The Labute approximate surface area is 111 Å². The number of hydrogen-bond acceptors (Lipinski definition) is 2. The molecule has 17 heavy (non-hydrogen) atoms. The molecule has 0 amide bonds. The molecular formula is C11H17BrN2O2S. The van der Waals surface area contributed by atoms with Crippen molar-refractivity contribution in [3.63, 3.8) is 0 Å². The van der Waals surface area contributed by atoms with Gasteiger partial charge in [0.1, 0.15) is 0 Å². The topological polar surface area (TPSA) is 49.4 Å². The van der Waals surface area contributed by atoms with Gasteiger partial charge in [-0.3, -0.25) is 0 Å². The van der Waals surface area contributed by atoms with Gasteiger partial charge in [0.25, 0.3) is 10.2 Å². The fourth-order valence-corrected chi connectivity index (χ4v) is 2.78. The largest absolute Gasteiger partial charge is 0.279 e. The Morgan fingerprint density at radius 3 is 2.12 bits per heavy atom. The van der Waals surface area contributed by atoms with Crippen LogP contribution in [-0.4, -0.2) is 26.8 Å². The summed E-state index contributed by atoms with van der Waals surface area (Å²) < 4.78 is 27.9. The lowest BCUT2D eigenvalue weighted by Crippen LogP contribution is -2.35. The smallest absolute Gasteiger partial charge is 0.198 e. The lowest BCUT2D eigenvalue weighted by Gasteiger charge is -2.15. The first-order valence-electron chi connectivity index (χ1n) is 5.17. The predicted molar refractivity (Wildman–Crippen MR) is 73.1 cm³/mol. The molecule has 0 aromatic heterocycles. The van der Waals surface area contributed by atoms with Gasteiger partial charge in [0, 0.05) is 25.1 Å². The van der Waals surface area contributed by atoms with E-state index in [-0.39, 0.29) is 0 Å². The van der Waals surface area contributed by atoms with Gasteiger partial charge < -0.3 is 0 Å². The molecule has 0 heterocycles. The predicted octanol–water partition coefficient (Wildman–Crippen LogP) is 1.96. The van der Waals surface area contributed by atoms with Crippen LogP contribution in [0, 0.1) is 13.8 Å². The molecule has 0 aliphatic rings. The van der Waals surface area contributed by atoms with Crippen molar-refractivity contribution in [2.24, 2.45) is 0 Å². The van der Waals surface area contributed by atoms with E-state index in [1.54, 1.807) is 0 Å². The molecule has 0 aliphatic heterocycles. The first kappa shape index (κ1) is 14.6. The molecule has 1 N–H and O–H groups in total. The summed E-state index contributed by atoms with van der Waals surface area (Å²) in [7, 11) is -0.361. The molecule has 0 atom stereocenters. The fraction of sp³-hybridized carbons (Fsp3) is 0.455. The van der Waals surface area contributed by atoms with Crippen molar-refractivity contribution >= 4 is 26.1 Å². The first-order chi connectivity index (χ1) is 7.74. The molecule has 0 radical (unpaired) electrons. The number of nitrogens with zero attached hydrogens (tertiary/aromatic N) is 1. The van der Waals surface area contributed by atoms with E-state index in [2.05, 4.69) is 20.7 Å². The summed E-state index contributed by atoms with van der Waals surface area (Å²) in [6.45, 7) is 4.25. The number of benzene rings is 1. The van der Waals surface area contributed by atoms with Crippen LogP contribution in [0.2, 0.25) is 0 Å². The van der Waals surface area contributed by atoms with Gasteiger partial charge in [-0.15, -0.1) is 0 Å². The van der Waals surface area contributed by atoms with Crippen molar-refractivity contribution in [3.8, 4) is 0 Å². The van der Waals surface area contributed by atoms with E-state index in [4.69, 9.17) is 0 Å². The quantitative estimate of drug-likeness (QED) is 0.922. The molecule has 4 nitrogen and oxygen atoms in total. The maximum Gasteiger partial charge on any atom is 0.279 e. The van der Waals surface area contributed by atoms with Crippen LogP contribution in [0.1, 0.15) is 16.7 Å². The second kappa shape index (κ2) is 5.48. The molecule has 0 aliphatic carbocycles. The highest BCUT2D eigenvalue weighted by molar-refractivity contribution is 9.10. The number of hydrogen-bond donors (Lipinski definition) is 1. The van der Waals surface area contributed by atoms with E-state index in [9.17, 15) is 8.42 Å². The zero-order chi connectivity index (χ0) is 13.2. The summed E-state index contributed by atoms with van der Waals surface area (Å²) in [6.07, 6.45) is 0. The third kappa shape index (κ3) is 3.77. The Hall–Kier alpha value is -0.430. The number of halogens is 1. The Bertz CT molecular complexity index is 489. The molecule has 0 spiro atoms. The average molecular weight is 321 g/mol. The van der Waals surface area contributed by atoms with E-state index >= 15 is 0 Å².